The van der Waals surface area contributed by atoms with E-state index in [0.29, 0.717) is 5.75 Å². The van der Waals surface area contributed by atoms with Gasteiger partial charge in [-0.1, -0.05) is 40.2 Å². The minimum absolute atomic E-state index is 0.206. The average Bonchev–Trinajstić information content (AvgIpc) is 2.28. The maximum atomic E-state index is 11.0. The fraction of sp³-hybridized carbons (Fsp3) is 0.154. The molecule has 1 nitrogen and oxygen atoms in total. The van der Waals surface area contributed by atoms with Crippen molar-refractivity contribution < 1.29 is 4.79 Å². The van der Waals surface area contributed by atoms with E-state index in [0.717, 1.165) is 9.37 Å². The van der Waals surface area contributed by atoms with Gasteiger partial charge >= 0.3 is 0 Å². The second-order valence-electron chi connectivity index (χ2n) is 3.58. The zero-order valence-corrected chi connectivity index (χ0v) is 11.3. The highest BCUT2D eigenvalue weighted by Crippen LogP contribution is 2.32. The molecule has 2 aromatic carbocycles. The number of carbonyl (C=O) groups is 1. The number of hydrogen-bond acceptors (Lipinski definition) is 2. The van der Waals surface area contributed by atoms with Crippen LogP contribution in [0, 0.1) is 0 Å². The summed E-state index contributed by atoms with van der Waals surface area (Å²) < 4.78 is 1.09. The number of carbonyl (C=O) groups excluding carboxylic acids is 1. The van der Waals surface area contributed by atoms with Gasteiger partial charge in [-0.05, 0) is 29.8 Å². The summed E-state index contributed by atoms with van der Waals surface area (Å²) in [5, 5.41) is 2.39. The van der Waals surface area contributed by atoms with E-state index in [4.69, 9.17) is 0 Å². The summed E-state index contributed by atoms with van der Waals surface area (Å²) in [7, 11) is 0. The number of ketones is 1. The number of hydrogen-bond donors (Lipinski definition) is 0. The third-order valence-corrected chi connectivity index (χ3v) is 4.17. The molecule has 0 fully saturated rings. The molecule has 0 aliphatic carbocycles. The second-order valence-corrected chi connectivity index (χ2v) is 5.45. The molecule has 0 aromatic heterocycles. The van der Waals surface area contributed by atoms with E-state index in [1.807, 2.05) is 18.2 Å². The van der Waals surface area contributed by atoms with Gasteiger partial charge in [0.2, 0.25) is 0 Å². The van der Waals surface area contributed by atoms with E-state index in [1.165, 1.54) is 10.8 Å². The molecular formula is C13H11BrOS. The Labute approximate surface area is 107 Å². The summed E-state index contributed by atoms with van der Waals surface area (Å²) >= 11 is 5.13. The molecular weight excluding hydrogens is 284 g/mol. The predicted octanol–water partition coefficient (Wildman–Crippen LogP) is 4.28. The lowest BCUT2D eigenvalue weighted by molar-refractivity contribution is -0.114. The van der Waals surface area contributed by atoms with E-state index < -0.39 is 0 Å². The predicted molar refractivity (Wildman–Crippen MR) is 73.1 cm³/mol. The van der Waals surface area contributed by atoms with Gasteiger partial charge in [-0.25, -0.2) is 0 Å². The molecule has 0 heterocycles. The summed E-state index contributed by atoms with van der Waals surface area (Å²) in [5.41, 5.74) is 0. The molecule has 0 atom stereocenters. The highest BCUT2D eigenvalue weighted by molar-refractivity contribution is 9.10. The number of benzene rings is 2. The quantitative estimate of drug-likeness (QED) is 0.786. The normalized spacial score (nSPS) is 10.6. The molecule has 82 valence electrons. The third kappa shape index (κ3) is 2.47. The molecule has 0 bridgehead atoms. The zero-order chi connectivity index (χ0) is 11.5. The van der Waals surface area contributed by atoms with E-state index in [9.17, 15) is 4.79 Å². The van der Waals surface area contributed by atoms with Crippen LogP contribution in [-0.4, -0.2) is 11.5 Å². The molecule has 0 amide bonds. The van der Waals surface area contributed by atoms with Gasteiger partial charge < -0.3 is 0 Å². The van der Waals surface area contributed by atoms with Crippen molar-refractivity contribution in [3.8, 4) is 0 Å². The first-order valence-corrected chi connectivity index (χ1v) is 6.76. The Morgan fingerprint density at radius 2 is 1.88 bits per heavy atom. The van der Waals surface area contributed by atoms with Crippen LogP contribution in [0.15, 0.2) is 45.8 Å². The summed E-state index contributed by atoms with van der Waals surface area (Å²) in [4.78, 5) is 12.2. The van der Waals surface area contributed by atoms with Crippen LogP contribution < -0.4 is 0 Å². The summed E-state index contributed by atoms with van der Waals surface area (Å²) in [6, 6.07) is 12.3. The molecule has 0 aliphatic rings. The van der Waals surface area contributed by atoms with Gasteiger partial charge in [-0.2, -0.15) is 0 Å². The number of thioether (sulfide) groups is 1. The van der Waals surface area contributed by atoms with Crippen molar-refractivity contribution in [1.29, 1.82) is 0 Å². The first kappa shape index (κ1) is 11.7. The maximum absolute atomic E-state index is 11.0. The summed E-state index contributed by atoms with van der Waals surface area (Å²) in [6.45, 7) is 1.62. The van der Waals surface area contributed by atoms with Crippen molar-refractivity contribution >= 4 is 44.2 Å². The van der Waals surface area contributed by atoms with Gasteiger partial charge in [-0.3, -0.25) is 4.79 Å². The van der Waals surface area contributed by atoms with Crippen LogP contribution in [0.1, 0.15) is 6.92 Å². The van der Waals surface area contributed by atoms with Crippen LogP contribution >= 0.6 is 27.7 Å². The van der Waals surface area contributed by atoms with Crippen LogP contribution in [0.25, 0.3) is 10.8 Å². The van der Waals surface area contributed by atoms with E-state index in [1.54, 1.807) is 18.7 Å². The van der Waals surface area contributed by atoms with Gasteiger partial charge in [-0.15, -0.1) is 11.8 Å². The molecule has 0 N–H and O–H groups in total. The van der Waals surface area contributed by atoms with Crippen molar-refractivity contribution in [3.05, 3.63) is 40.9 Å². The first-order valence-electron chi connectivity index (χ1n) is 4.98. The number of Topliss-reactive ketones (excluding diaryl/α,β-unsaturated/α-hetero) is 1. The van der Waals surface area contributed by atoms with Gasteiger partial charge in [0.25, 0.3) is 0 Å². The highest BCUT2D eigenvalue weighted by Gasteiger charge is 2.05. The summed E-state index contributed by atoms with van der Waals surface area (Å²) in [6.07, 6.45) is 0. The minimum Gasteiger partial charge on any atom is -0.299 e. The topological polar surface area (TPSA) is 17.1 Å². The SMILES string of the molecule is CC(=O)CSc1ccc(Br)c2ccccc12. The Kier molecular flexibility index (Phi) is 3.66. The largest absolute Gasteiger partial charge is 0.299 e. The third-order valence-electron chi connectivity index (χ3n) is 2.26. The van der Waals surface area contributed by atoms with Gasteiger partial charge in [0.1, 0.15) is 5.78 Å². The fourth-order valence-electron chi connectivity index (χ4n) is 1.54. The zero-order valence-electron chi connectivity index (χ0n) is 8.87. The van der Waals surface area contributed by atoms with Crippen molar-refractivity contribution in [2.75, 3.05) is 5.75 Å². The molecule has 0 saturated carbocycles. The molecule has 16 heavy (non-hydrogen) atoms. The Bertz CT molecular complexity index is 536. The van der Waals surface area contributed by atoms with Crippen molar-refractivity contribution in [1.82, 2.24) is 0 Å². The van der Waals surface area contributed by atoms with Crippen molar-refractivity contribution in [3.63, 3.8) is 0 Å². The second kappa shape index (κ2) is 5.02. The Morgan fingerprint density at radius 3 is 2.56 bits per heavy atom. The van der Waals surface area contributed by atoms with Crippen LogP contribution in [0.2, 0.25) is 0 Å². The molecule has 2 rings (SSSR count). The number of halogens is 1. The van der Waals surface area contributed by atoms with Crippen molar-refractivity contribution in [2.24, 2.45) is 0 Å². The molecule has 3 heteroatoms. The van der Waals surface area contributed by atoms with Crippen molar-refractivity contribution in [2.45, 2.75) is 11.8 Å². The van der Waals surface area contributed by atoms with Gasteiger partial charge in [0, 0.05) is 9.37 Å². The minimum atomic E-state index is 0.206. The Balaban J connectivity index is 2.46. The molecule has 0 radical (unpaired) electrons. The van der Waals surface area contributed by atoms with Crippen LogP contribution in [0.4, 0.5) is 0 Å². The number of rotatable bonds is 3. The lowest BCUT2D eigenvalue weighted by Gasteiger charge is -2.06. The van der Waals surface area contributed by atoms with Gasteiger partial charge in [0.05, 0.1) is 5.75 Å². The average molecular weight is 295 g/mol. The molecule has 0 aliphatic heterocycles. The van der Waals surface area contributed by atoms with Gasteiger partial charge in [0.15, 0.2) is 0 Å². The standard InChI is InChI=1S/C13H11BrOS/c1-9(15)8-16-13-7-6-12(14)10-4-2-3-5-11(10)13/h2-7H,8H2,1H3. The smallest absolute Gasteiger partial charge is 0.140 e. The summed E-state index contributed by atoms with van der Waals surface area (Å²) in [5.74, 6) is 0.739. The Hall–Kier alpha value is -0.800. The van der Waals surface area contributed by atoms with E-state index in [2.05, 4.69) is 34.1 Å². The molecule has 0 unspecified atom stereocenters. The molecule has 0 saturated heterocycles. The Morgan fingerprint density at radius 1 is 1.19 bits per heavy atom. The monoisotopic (exact) mass is 294 g/mol. The molecule has 2 aromatic rings. The molecule has 0 spiro atoms. The van der Waals surface area contributed by atoms with Crippen LogP contribution in [-0.2, 0) is 4.79 Å². The lowest BCUT2D eigenvalue weighted by Crippen LogP contribution is -1.93. The maximum Gasteiger partial charge on any atom is 0.140 e. The highest BCUT2D eigenvalue weighted by atomic mass is 79.9. The number of fused-ring (bicyclic) bond motifs is 1. The first-order chi connectivity index (χ1) is 7.68. The fourth-order valence-corrected chi connectivity index (χ4v) is 2.87. The van der Waals surface area contributed by atoms with Crippen LogP contribution in [0.3, 0.4) is 0 Å². The lowest BCUT2D eigenvalue weighted by atomic mass is 10.1. The van der Waals surface area contributed by atoms with E-state index >= 15 is 0 Å². The van der Waals surface area contributed by atoms with E-state index in [-0.39, 0.29) is 5.78 Å². The van der Waals surface area contributed by atoms with Crippen LogP contribution in [0.5, 0.6) is 0 Å².